The van der Waals surface area contributed by atoms with E-state index in [2.05, 4.69) is 5.32 Å². The van der Waals surface area contributed by atoms with Gasteiger partial charge in [-0.1, -0.05) is 0 Å². The number of carbonyl (C=O) groups excluding carboxylic acids is 3. The van der Waals surface area contributed by atoms with E-state index in [9.17, 15) is 14.4 Å². The van der Waals surface area contributed by atoms with Gasteiger partial charge < -0.3 is 4.90 Å². The van der Waals surface area contributed by atoms with Gasteiger partial charge in [-0.3, -0.25) is 19.7 Å². The summed E-state index contributed by atoms with van der Waals surface area (Å²) in [4.78, 5) is 37.1. The lowest BCUT2D eigenvalue weighted by Gasteiger charge is -2.29. The number of rotatable bonds is 1. The molecule has 0 spiro atoms. The number of nitrogens with zero attached hydrogens (tertiary/aromatic N) is 1. The van der Waals surface area contributed by atoms with Crippen LogP contribution in [0, 0.1) is 0 Å². The first-order valence-corrected chi connectivity index (χ1v) is 6.26. The topological polar surface area (TPSA) is 66.5 Å². The molecule has 1 aromatic rings. The van der Waals surface area contributed by atoms with Crippen molar-refractivity contribution in [3.8, 4) is 0 Å². The zero-order valence-corrected chi connectivity index (χ0v) is 9.75. The first-order valence-electron chi connectivity index (χ1n) is 5.38. The van der Waals surface area contributed by atoms with Gasteiger partial charge in [0.1, 0.15) is 6.04 Å². The third-order valence-corrected chi connectivity index (χ3v) is 4.07. The molecule has 3 heterocycles. The lowest BCUT2D eigenvalue weighted by atomic mass is 10.0. The smallest absolute Gasteiger partial charge is 0.265 e. The molecule has 1 N–H and O–H groups in total. The van der Waals surface area contributed by atoms with Gasteiger partial charge in [0.15, 0.2) is 0 Å². The van der Waals surface area contributed by atoms with Crippen LogP contribution in [-0.4, -0.2) is 28.7 Å². The number of carbonyl (C=O) groups is 3. The zero-order chi connectivity index (χ0) is 12.0. The Labute approximate surface area is 101 Å². The molecule has 2 aliphatic heterocycles. The number of thiophene rings is 1. The lowest BCUT2D eigenvalue weighted by molar-refractivity contribution is -0.136. The second-order valence-corrected chi connectivity index (χ2v) is 5.09. The average Bonchev–Trinajstić information content (AvgIpc) is 2.83. The molecule has 1 atom stereocenters. The van der Waals surface area contributed by atoms with Crippen molar-refractivity contribution in [1.29, 1.82) is 0 Å². The number of fused-ring (bicyclic) bond motifs is 1. The van der Waals surface area contributed by atoms with Gasteiger partial charge in [0.05, 0.1) is 4.88 Å². The fraction of sp³-hybridized carbons (Fsp3) is 0.364. The molecule has 0 aromatic carbocycles. The standard InChI is InChI=1S/C11H10N2O3S/c14-8-2-1-7(10(15)12-8)13-5-6-3-4-17-9(6)11(13)16/h3-4,7H,1-2,5H2,(H,12,14,15). The van der Waals surface area contributed by atoms with Gasteiger partial charge in [-0.05, 0) is 23.4 Å². The van der Waals surface area contributed by atoms with Crippen molar-refractivity contribution in [1.82, 2.24) is 10.2 Å². The van der Waals surface area contributed by atoms with Gasteiger partial charge in [-0.25, -0.2) is 0 Å². The van der Waals surface area contributed by atoms with Crippen molar-refractivity contribution in [3.05, 3.63) is 21.9 Å². The van der Waals surface area contributed by atoms with E-state index in [1.165, 1.54) is 11.3 Å². The highest BCUT2D eigenvalue weighted by molar-refractivity contribution is 7.12. The summed E-state index contributed by atoms with van der Waals surface area (Å²) in [6.45, 7) is 0.476. The molecule has 3 rings (SSSR count). The maximum Gasteiger partial charge on any atom is 0.265 e. The van der Waals surface area contributed by atoms with Crippen molar-refractivity contribution in [2.24, 2.45) is 0 Å². The molecule has 0 saturated carbocycles. The Balaban J connectivity index is 1.83. The normalized spacial score (nSPS) is 23.9. The second kappa shape index (κ2) is 3.66. The number of hydrogen-bond donors (Lipinski definition) is 1. The van der Waals surface area contributed by atoms with E-state index < -0.39 is 6.04 Å². The largest absolute Gasteiger partial charge is 0.321 e. The number of imide groups is 1. The van der Waals surface area contributed by atoms with Crippen LogP contribution in [0.2, 0.25) is 0 Å². The fourth-order valence-corrected chi connectivity index (χ4v) is 3.14. The van der Waals surface area contributed by atoms with Crippen LogP contribution in [0.15, 0.2) is 11.4 Å². The SMILES string of the molecule is O=C1CCC(N2Cc3ccsc3C2=O)C(=O)N1. The van der Waals surface area contributed by atoms with Crippen LogP contribution in [-0.2, 0) is 16.1 Å². The molecule has 0 aliphatic carbocycles. The summed E-state index contributed by atoms with van der Waals surface area (Å²) >= 11 is 1.40. The van der Waals surface area contributed by atoms with Gasteiger partial charge in [0.2, 0.25) is 11.8 Å². The molecule has 3 amide bonds. The number of piperidine rings is 1. The van der Waals surface area contributed by atoms with E-state index in [-0.39, 0.29) is 17.7 Å². The van der Waals surface area contributed by atoms with Crippen molar-refractivity contribution in [2.75, 3.05) is 0 Å². The molecule has 1 unspecified atom stereocenters. The van der Waals surface area contributed by atoms with Gasteiger partial charge in [-0.2, -0.15) is 0 Å². The van der Waals surface area contributed by atoms with Crippen molar-refractivity contribution < 1.29 is 14.4 Å². The van der Waals surface area contributed by atoms with Crippen molar-refractivity contribution in [3.63, 3.8) is 0 Å². The lowest BCUT2D eigenvalue weighted by Crippen LogP contribution is -2.52. The summed E-state index contributed by atoms with van der Waals surface area (Å²) in [5, 5.41) is 4.16. The summed E-state index contributed by atoms with van der Waals surface area (Å²) in [5.74, 6) is -0.707. The summed E-state index contributed by atoms with van der Waals surface area (Å²) in [5.41, 5.74) is 0.977. The quantitative estimate of drug-likeness (QED) is 0.738. The number of hydrogen-bond acceptors (Lipinski definition) is 4. The molecule has 17 heavy (non-hydrogen) atoms. The van der Waals surface area contributed by atoms with Crippen LogP contribution in [0.4, 0.5) is 0 Å². The molecule has 1 fully saturated rings. The van der Waals surface area contributed by atoms with Gasteiger partial charge in [-0.15, -0.1) is 11.3 Å². The molecular formula is C11H10N2O3S. The van der Waals surface area contributed by atoms with E-state index in [0.29, 0.717) is 19.4 Å². The minimum atomic E-state index is -0.500. The molecular weight excluding hydrogens is 240 g/mol. The Bertz CT molecular complexity index is 523. The van der Waals surface area contributed by atoms with Crippen LogP contribution < -0.4 is 5.32 Å². The molecule has 5 nitrogen and oxygen atoms in total. The first kappa shape index (κ1) is 10.5. The van der Waals surface area contributed by atoms with Gasteiger partial charge in [0.25, 0.3) is 5.91 Å². The second-order valence-electron chi connectivity index (χ2n) is 4.17. The Hall–Kier alpha value is -1.69. The van der Waals surface area contributed by atoms with E-state index in [1.807, 2.05) is 11.4 Å². The summed E-state index contributed by atoms with van der Waals surface area (Å²) in [6.07, 6.45) is 0.721. The van der Waals surface area contributed by atoms with E-state index in [1.54, 1.807) is 4.90 Å². The summed E-state index contributed by atoms with van der Waals surface area (Å²) in [7, 11) is 0. The maximum absolute atomic E-state index is 12.1. The molecule has 1 aromatic heterocycles. The molecule has 1 saturated heterocycles. The van der Waals surface area contributed by atoms with Crippen molar-refractivity contribution in [2.45, 2.75) is 25.4 Å². The molecule has 0 bridgehead atoms. The van der Waals surface area contributed by atoms with Crippen molar-refractivity contribution >= 4 is 29.1 Å². The fourth-order valence-electron chi connectivity index (χ4n) is 2.26. The first-order chi connectivity index (χ1) is 8.16. The maximum atomic E-state index is 12.1. The number of nitrogens with one attached hydrogen (secondary N) is 1. The minimum Gasteiger partial charge on any atom is -0.321 e. The Morgan fingerprint density at radius 2 is 2.18 bits per heavy atom. The Morgan fingerprint density at radius 3 is 2.88 bits per heavy atom. The van der Waals surface area contributed by atoms with E-state index >= 15 is 0 Å². The predicted octanol–water partition coefficient (Wildman–Crippen LogP) is 0.509. The van der Waals surface area contributed by atoms with E-state index in [0.717, 1.165) is 10.4 Å². The highest BCUT2D eigenvalue weighted by atomic mass is 32.1. The summed E-state index contributed by atoms with van der Waals surface area (Å²) in [6, 6.07) is 1.41. The van der Waals surface area contributed by atoms with Crippen LogP contribution in [0.3, 0.4) is 0 Å². The number of amides is 3. The summed E-state index contributed by atoms with van der Waals surface area (Å²) < 4.78 is 0. The third-order valence-electron chi connectivity index (χ3n) is 3.13. The molecule has 2 aliphatic rings. The van der Waals surface area contributed by atoms with Crippen LogP contribution >= 0.6 is 11.3 Å². The molecule has 88 valence electrons. The zero-order valence-electron chi connectivity index (χ0n) is 8.93. The average molecular weight is 250 g/mol. The van der Waals surface area contributed by atoms with Crippen LogP contribution in [0.5, 0.6) is 0 Å². The van der Waals surface area contributed by atoms with Gasteiger partial charge in [0, 0.05) is 13.0 Å². The Kier molecular flexibility index (Phi) is 2.25. The highest BCUT2D eigenvalue weighted by Crippen LogP contribution is 2.30. The van der Waals surface area contributed by atoms with Gasteiger partial charge >= 0.3 is 0 Å². The van der Waals surface area contributed by atoms with E-state index in [4.69, 9.17) is 0 Å². The monoisotopic (exact) mass is 250 g/mol. The van der Waals surface area contributed by atoms with Crippen LogP contribution in [0.1, 0.15) is 28.1 Å². The molecule has 6 heteroatoms. The molecule has 0 radical (unpaired) electrons. The predicted molar refractivity (Wildman–Crippen MR) is 60.4 cm³/mol. The van der Waals surface area contributed by atoms with Crippen LogP contribution in [0.25, 0.3) is 0 Å². The highest BCUT2D eigenvalue weighted by Gasteiger charge is 2.39. The Morgan fingerprint density at radius 1 is 1.35 bits per heavy atom. The third kappa shape index (κ3) is 1.56. The minimum absolute atomic E-state index is 0.0931.